The van der Waals surface area contributed by atoms with Crippen molar-refractivity contribution in [2.45, 2.75) is 37.8 Å². The number of nitrogens with one attached hydrogen (secondary N) is 3. The van der Waals surface area contributed by atoms with Crippen LogP contribution in [0.1, 0.15) is 36.0 Å². The fourth-order valence-electron chi connectivity index (χ4n) is 4.22. The van der Waals surface area contributed by atoms with Crippen LogP contribution in [-0.4, -0.2) is 54.3 Å². The maximum absolute atomic E-state index is 11.7. The van der Waals surface area contributed by atoms with Crippen molar-refractivity contribution in [3.05, 3.63) is 54.1 Å². The molecule has 0 bridgehead atoms. The minimum Gasteiger partial charge on any atom is -0.465 e. The number of esters is 1. The van der Waals surface area contributed by atoms with Crippen molar-refractivity contribution in [1.29, 1.82) is 0 Å². The molecule has 1 aromatic heterocycles. The van der Waals surface area contributed by atoms with Crippen molar-refractivity contribution in [3.63, 3.8) is 0 Å². The lowest BCUT2D eigenvalue weighted by Gasteiger charge is -2.30. The van der Waals surface area contributed by atoms with E-state index in [2.05, 4.69) is 16.0 Å². The molecule has 0 saturated heterocycles. The number of methoxy groups -OCH3 is 1. The molecule has 1 fully saturated rings. The number of para-hydroxylation sites is 1. The molecule has 34 heavy (non-hydrogen) atoms. The third-order valence-corrected chi connectivity index (χ3v) is 6.16. The molecule has 178 valence electrons. The second kappa shape index (κ2) is 10.6. The molecule has 0 unspecified atom stereocenters. The highest BCUT2D eigenvalue weighted by molar-refractivity contribution is 7.80. The Labute approximate surface area is 205 Å². The van der Waals surface area contributed by atoms with Crippen molar-refractivity contribution in [1.82, 2.24) is 15.3 Å². The zero-order valence-electron chi connectivity index (χ0n) is 19.7. The standard InChI is InChI=1S/C25H30N6O2S/c1-31(2)22-20-9-4-5-10-21(20)29-24(30-22)26-17-11-13-18(14-12-17)27-25(34)28-19-8-6-7-16(15-19)23(32)33-3/h4-10,15,17-18H,11-14H2,1-3H3,(H,26,29,30)(H2,27,28,34)/t17-,18+. The highest BCUT2D eigenvalue weighted by atomic mass is 32.1. The first-order chi connectivity index (χ1) is 16.4. The van der Waals surface area contributed by atoms with Crippen molar-refractivity contribution in [3.8, 4) is 0 Å². The lowest BCUT2D eigenvalue weighted by atomic mass is 9.91. The number of ether oxygens (including phenoxy) is 1. The number of anilines is 3. The van der Waals surface area contributed by atoms with E-state index < -0.39 is 0 Å². The molecule has 1 aliphatic carbocycles. The summed E-state index contributed by atoms with van der Waals surface area (Å²) < 4.78 is 4.78. The van der Waals surface area contributed by atoms with Crippen molar-refractivity contribution in [2.24, 2.45) is 0 Å². The first-order valence-electron chi connectivity index (χ1n) is 11.4. The Morgan fingerprint density at radius 2 is 1.76 bits per heavy atom. The summed E-state index contributed by atoms with van der Waals surface area (Å²) in [6.07, 6.45) is 3.95. The van der Waals surface area contributed by atoms with Crippen LogP contribution in [0.4, 0.5) is 17.5 Å². The number of thiocarbonyl (C=S) groups is 1. The van der Waals surface area contributed by atoms with E-state index >= 15 is 0 Å². The summed E-state index contributed by atoms with van der Waals surface area (Å²) >= 11 is 5.49. The quantitative estimate of drug-likeness (QED) is 0.356. The number of hydrogen-bond donors (Lipinski definition) is 3. The topological polar surface area (TPSA) is 91.4 Å². The van der Waals surface area contributed by atoms with Gasteiger partial charge in [-0.1, -0.05) is 18.2 Å². The number of aromatic nitrogens is 2. The molecule has 1 heterocycles. The largest absolute Gasteiger partial charge is 0.465 e. The van der Waals surface area contributed by atoms with Gasteiger partial charge < -0.3 is 25.6 Å². The average molecular weight is 479 g/mol. The maximum atomic E-state index is 11.7. The summed E-state index contributed by atoms with van der Waals surface area (Å²) in [5.74, 6) is 1.21. The molecule has 2 aromatic carbocycles. The van der Waals surface area contributed by atoms with E-state index in [4.69, 9.17) is 26.9 Å². The smallest absolute Gasteiger partial charge is 0.337 e. The van der Waals surface area contributed by atoms with Crippen molar-refractivity contribution >= 4 is 51.7 Å². The molecule has 0 aliphatic heterocycles. The molecular weight excluding hydrogens is 448 g/mol. The molecule has 0 radical (unpaired) electrons. The van der Waals surface area contributed by atoms with Crippen LogP contribution >= 0.6 is 12.2 Å². The molecule has 0 amide bonds. The highest BCUT2D eigenvalue weighted by Gasteiger charge is 2.23. The Kier molecular flexibility index (Phi) is 7.42. The number of nitrogens with zero attached hydrogens (tertiary/aromatic N) is 3. The third kappa shape index (κ3) is 5.72. The fraction of sp³-hybridized carbons (Fsp3) is 0.360. The van der Waals surface area contributed by atoms with Crippen LogP contribution in [0.3, 0.4) is 0 Å². The van der Waals surface area contributed by atoms with E-state index in [1.165, 1.54) is 7.11 Å². The number of rotatable bonds is 6. The summed E-state index contributed by atoms with van der Waals surface area (Å²) in [4.78, 5) is 23.2. The molecule has 1 aliphatic rings. The van der Waals surface area contributed by atoms with Gasteiger partial charge in [-0.3, -0.25) is 0 Å². The predicted octanol–water partition coefficient (Wildman–Crippen LogP) is 4.19. The van der Waals surface area contributed by atoms with Crippen molar-refractivity contribution < 1.29 is 9.53 Å². The zero-order chi connectivity index (χ0) is 24.1. The Morgan fingerprint density at radius 1 is 1.03 bits per heavy atom. The Bertz CT molecular complexity index is 1180. The average Bonchev–Trinajstić information content (AvgIpc) is 2.84. The molecule has 3 aromatic rings. The van der Waals surface area contributed by atoms with Gasteiger partial charge in [0, 0.05) is 37.3 Å². The molecule has 4 rings (SSSR count). The summed E-state index contributed by atoms with van der Waals surface area (Å²) in [5, 5.41) is 11.7. The van der Waals surface area contributed by atoms with Crippen LogP contribution in [0.2, 0.25) is 0 Å². The van der Waals surface area contributed by atoms with Gasteiger partial charge in [0.2, 0.25) is 5.95 Å². The van der Waals surface area contributed by atoms with Crippen LogP contribution in [0.5, 0.6) is 0 Å². The number of carbonyl (C=O) groups is 1. The Morgan fingerprint density at radius 3 is 2.50 bits per heavy atom. The van der Waals surface area contributed by atoms with Gasteiger partial charge >= 0.3 is 5.97 Å². The normalized spacial score (nSPS) is 17.6. The van der Waals surface area contributed by atoms with Crippen LogP contribution < -0.4 is 20.9 Å². The fourth-order valence-corrected chi connectivity index (χ4v) is 4.51. The molecule has 8 nitrogen and oxygen atoms in total. The lowest BCUT2D eigenvalue weighted by Crippen LogP contribution is -2.42. The molecule has 9 heteroatoms. The van der Waals surface area contributed by atoms with Gasteiger partial charge in [0.25, 0.3) is 0 Å². The molecule has 0 atom stereocenters. The van der Waals surface area contributed by atoms with E-state index in [0.717, 1.165) is 48.1 Å². The predicted molar refractivity (Wildman–Crippen MR) is 141 cm³/mol. The number of benzene rings is 2. The minimum absolute atomic E-state index is 0.289. The van der Waals surface area contributed by atoms with Crippen LogP contribution in [0, 0.1) is 0 Å². The molecule has 0 spiro atoms. The van der Waals surface area contributed by atoms with Gasteiger partial charge in [-0.2, -0.15) is 4.98 Å². The monoisotopic (exact) mass is 478 g/mol. The van der Waals surface area contributed by atoms with Crippen molar-refractivity contribution in [2.75, 3.05) is 36.7 Å². The highest BCUT2D eigenvalue weighted by Crippen LogP contribution is 2.26. The van der Waals surface area contributed by atoms with Crippen LogP contribution in [-0.2, 0) is 4.74 Å². The second-order valence-corrected chi connectivity index (χ2v) is 9.05. The number of carbonyl (C=O) groups excluding carboxylic acids is 1. The summed E-state index contributed by atoms with van der Waals surface area (Å²) in [5.41, 5.74) is 2.17. The first-order valence-corrected chi connectivity index (χ1v) is 11.8. The van der Waals surface area contributed by atoms with Crippen LogP contribution in [0.25, 0.3) is 10.9 Å². The van der Waals surface area contributed by atoms with Gasteiger partial charge in [0.1, 0.15) is 5.82 Å². The molecule has 3 N–H and O–H groups in total. The van der Waals surface area contributed by atoms with Crippen LogP contribution in [0.15, 0.2) is 48.5 Å². The van der Waals surface area contributed by atoms with E-state index in [9.17, 15) is 4.79 Å². The van der Waals surface area contributed by atoms with Gasteiger partial charge in [-0.05, 0) is 68.2 Å². The SMILES string of the molecule is COC(=O)c1cccc(NC(=S)N[C@H]2CC[C@@H](Nc3nc(N(C)C)c4ccccc4n3)CC2)c1. The third-order valence-electron chi connectivity index (χ3n) is 5.94. The van der Waals surface area contributed by atoms with Gasteiger partial charge in [0.05, 0.1) is 18.2 Å². The molecular formula is C25H30N6O2S. The van der Waals surface area contributed by atoms with Gasteiger partial charge in [-0.15, -0.1) is 0 Å². The number of hydrogen-bond acceptors (Lipinski definition) is 7. The second-order valence-electron chi connectivity index (χ2n) is 8.65. The van der Waals surface area contributed by atoms with Gasteiger partial charge in [-0.25, -0.2) is 9.78 Å². The number of fused-ring (bicyclic) bond motifs is 1. The van der Waals surface area contributed by atoms with E-state index in [1.807, 2.05) is 49.3 Å². The minimum atomic E-state index is -0.374. The van der Waals surface area contributed by atoms with Gasteiger partial charge in [0.15, 0.2) is 5.11 Å². The maximum Gasteiger partial charge on any atom is 0.337 e. The first kappa shape index (κ1) is 23.7. The Hall–Kier alpha value is -3.46. The summed E-state index contributed by atoms with van der Waals surface area (Å²) in [6, 6.07) is 15.8. The molecule has 1 saturated carbocycles. The zero-order valence-corrected chi connectivity index (χ0v) is 20.5. The summed E-state index contributed by atoms with van der Waals surface area (Å²) in [6.45, 7) is 0. The Balaban J connectivity index is 1.31. The van der Waals surface area contributed by atoms with E-state index in [-0.39, 0.29) is 12.0 Å². The lowest BCUT2D eigenvalue weighted by molar-refractivity contribution is 0.0601. The van der Waals surface area contributed by atoms with E-state index in [1.54, 1.807) is 18.2 Å². The van der Waals surface area contributed by atoms with E-state index in [0.29, 0.717) is 22.7 Å². The summed E-state index contributed by atoms with van der Waals surface area (Å²) in [7, 11) is 5.36.